The zero-order valence-corrected chi connectivity index (χ0v) is 32.4. The number of ketones is 1. The van der Waals surface area contributed by atoms with Gasteiger partial charge in [0.25, 0.3) is 5.91 Å². The Morgan fingerprint density at radius 3 is 2.44 bits per heavy atom. The highest BCUT2D eigenvalue weighted by Crippen LogP contribution is 2.65. The van der Waals surface area contributed by atoms with Crippen LogP contribution in [-0.2, 0) is 35.7 Å². The number of Topliss-reactive ketones (excluding diaryl/α,β-unsaturated/α-hetero) is 1. The summed E-state index contributed by atoms with van der Waals surface area (Å²) in [6, 6.07) is -2.14. The number of nitrogens with zero attached hydrogens (tertiary/aromatic N) is 2. The van der Waals surface area contributed by atoms with Crippen LogP contribution in [0.4, 0.5) is 4.79 Å². The predicted octanol–water partition coefficient (Wildman–Crippen LogP) is 2.92. The molecule has 52 heavy (non-hydrogen) atoms. The van der Waals surface area contributed by atoms with Crippen LogP contribution < -0.4 is 21.3 Å². The Bertz CT molecular complexity index is 1750. The van der Waals surface area contributed by atoms with Gasteiger partial charge in [0.15, 0.2) is 0 Å². The second-order valence-corrected chi connectivity index (χ2v) is 19.2. The topological polar surface area (TPSA) is 174 Å². The molecule has 3 fully saturated rings. The Morgan fingerprint density at radius 2 is 1.83 bits per heavy atom. The Kier molecular flexibility index (Phi) is 11.3. The molecule has 0 bridgehead atoms. The van der Waals surface area contributed by atoms with Gasteiger partial charge in [-0.1, -0.05) is 60.0 Å². The van der Waals surface area contributed by atoms with E-state index in [2.05, 4.69) is 33.8 Å². The smallest absolute Gasteiger partial charge is 0.315 e. The van der Waals surface area contributed by atoms with Gasteiger partial charge >= 0.3 is 6.03 Å². The van der Waals surface area contributed by atoms with Crippen molar-refractivity contribution in [2.75, 3.05) is 19.6 Å². The van der Waals surface area contributed by atoms with Gasteiger partial charge in [0.05, 0.1) is 16.5 Å². The average Bonchev–Trinajstić information content (AvgIpc) is 3.53. The summed E-state index contributed by atoms with van der Waals surface area (Å²) < 4.78 is 28.2. The van der Waals surface area contributed by atoms with Crippen LogP contribution in [0.1, 0.15) is 84.4 Å². The minimum Gasteiger partial charge on any atom is -0.346 e. The fourth-order valence-electron chi connectivity index (χ4n) is 8.29. The highest BCUT2D eigenvalue weighted by molar-refractivity contribution is 7.89. The van der Waals surface area contributed by atoms with Crippen LogP contribution in [0.3, 0.4) is 0 Å². The number of amides is 5. The van der Waals surface area contributed by atoms with Crippen LogP contribution in [0.15, 0.2) is 29.0 Å². The Balaban J connectivity index is 1.34. The third-order valence-corrected chi connectivity index (χ3v) is 14.2. The van der Waals surface area contributed by atoms with Gasteiger partial charge in [-0.15, -0.1) is 30.3 Å². The summed E-state index contributed by atoms with van der Waals surface area (Å²) in [6.45, 7) is 13.8. The van der Waals surface area contributed by atoms with Crippen LogP contribution >= 0.6 is 11.3 Å². The van der Waals surface area contributed by atoms with Crippen molar-refractivity contribution in [3.8, 4) is 12.3 Å². The van der Waals surface area contributed by atoms with Crippen LogP contribution in [-0.4, -0.2) is 90.5 Å². The third kappa shape index (κ3) is 7.79. The van der Waals surface area contributed by atoms with E-state index >= 15 is 0 Å². The van der Waals surface area contributed by atoms with Crippen LogP contribution in [0.25, 0.3) is 0 Å². The minimum absolute atomic E-state index is 0.0218. The SMILES string of the molecule is C#CCCC(NC(=O)C1[C@@H]2[C@H](CN1C(=O)[C@@H](NC(=O)NC1(CN3Cc4sccc4S3(=O)=O)CCCCC1)C(C)(C)C)C2(C)C)C(=O)C(=O)NCC=C. The van der Waals surface area contributed by atoms with E-state index in [0.29, 0.717) is 17.7 Å². The molecule has 1 aromatic heterocycles. The molecule has 5 amide bonds. The first-order valence-electron chi connectivity index (χ1n) is 18.0. The molecule has 4 N–H and O–H groups in total. The van der Waals surface area contributed by atoms with Crippen molar-refractivity contribution in [3.05, 3.63) is 29.0 Å². The lowest BCUT2D eigenvalue weighted by molar-refractivity contribution is -0.145. The molecule has 5 rings (SSSR count). The molecule has 1 aromatic rings. The highest BCUT2D eigenvalue weighted by atomic mass is 32.2. The first-order chi connectivity index (χ1) is 24.4. The van der Waals surface area contributed by atoms with E-state index in [9.17, 15) is 32.4 Å². The molecule has 2 unspecified atom stereocenters. The summed E-state index contributed by atoms with van der Waals surface area (Å²) >= 11 is 1.40. The van der Waals surface area contributed by atoms with Gasteiger partial charge in [-0.25, -0.2) is 13.2 Å². The van der Waals surface area contributed by atoms with Crippen molar-refractivity contribution in [2.24, 2.45) is 22.7 Å². The molecule has 3 heterocycles. The van der Waals surface area contributed by atoms with Crippen molar-refractivity contribution in [2.45, 2.75) is 115 Å². The highest BCUT2D eigenvalue weighted by Gasteiger charge is 2.70. The molecule has 5 atom stereocenters. The van der Waals surface area contributed by atoms with E-state index in [1.807, 2.05) is 34.6 Å². The monoisotopic (exact) mass is 756 g/mol. The summed E-state index contributed by atoms with van der Waals surface area (Å²) in [5, 5.41) is 13.0. The van der Waals surface area contributed by atoms with Gasteiger partial charge in [-0.05, 0) is 53.4 Å². The number of urea groups is 1. The Morgan fingerprint density at radius 1 is 1.13 bits per heavy atom. The molecule has 284 valence electrons. The number of carbonyl (C=O) groups excluding carboxylic acids is 5. The Hall–Kier alpha value is -3.74. The lowest BCUT2D eigenvalue weighted by Gasteiger charge is -2.42. The molecule has 0 spiro atoms. The average molecular weight is 757 g/mol. The number of nitrogens with one attached hydrogen (secondary N) is 4. The van der Waals surface area contributed by atoms with Gasteiger partial charge in [-0.3, -0.25) is 19.2 Å². The molecule has 2 aliphatic heterocycles. The number of hydrogen-bond acceptors (Lipinski definition) is 8. The van der Waals surface area contributed by atoms with E-state index in [0.717, 1.165) is 24.1 Å². The lowest BCUT2D eigenvalue weighted by atomic mass is 9.81. The largest absolute Gasteiger partial charge is 0.346 e. The zero-order chi connectivity index (χ0) is 38.2. The molecular weight excluding hydrogens is 705 g/mol. The van der Waals surface area contributed by atoms with Gasteiger partial charge < -0.3 is 26.2 Å². The first kappa shape index (κ1) is 39.5. The summed E-state index contributed by atoms with van der Waals surface area (Å²) in [5.74, 6) is -0.433. The van der Waals surface area contributed by atoms with Gasteiger partial charge in [0.1, 0.15) is 12.1 Å². The van der Waals surface area contributed by atoms with E-state index in [-0.39, 0.29) is 56.3 Å². The summed E-state index contributed by atoms with van der Waals surface area (Å²) in [5.41, 5.74) is -1.85. The van der Waals surface area contributed by atoms with Crippen molar-refractivity contribution < 1.29 is 32.4 Å². The molecule has 0 radical (unpaired) electrons. The first-order valence-corrected chi connectivity index (χ1v) is 20.3. The molecule has 4 aliphatic rings. The van der Waals surface area contributed by atoms with E-state index in [1.54, 1.807) is 11.4 Å². The fourth-order valence-corrected chi connectivity index (χ4v) is 11.3. The number of hydrogen-bond donors (Lipinski definition) is 4. The third-order valence-electron chi connectivity index (χ3n) is 11.3. The second-order valence-electron chi connectivity index (χ2n) is 16.3. The number of rotatable bonds is 13. The quantitative estimate of drug-likeness (QED) is 0.136. The molecule has 13 nitrogen and oxygen atoms in total. The van der Waals surface area contributed by atoms with E-state index < -0.39 is 68.6 Å². The lowest BCUT2D eigenvalue weighted by Crippen LogP contribution is -2.64. The summed E-state index contributed by atoms with van der Waals surface area (Å²) in [6.07, 6.45) is 10.9. The second kappa shape index (κ2) is 14.9. The number of thiophene rings is 1. The van der Waals surface area contributed by atoms with Crippen LogP contribution in [0.2, 0.25) is 0 Å². The molecule has 0 aromatic carbocycles. The standard InChI is InChI=1S/C37H52N6O7S2/c1-8-10-14-24(29(44)32(46)38-18-9-2)39-31(45)28-27-23(36(27,6)7)20-43(28)33(47)30(35(3,4)5)40-34(48)41-37(16-12-11-13-17-37)22-42-21-25-26(15-19-51-25)52(42,49)50/h1,9,15,19,23-24,27-28,30H,2,10-14,16-18,20-22H2,3-7H3,(H,38,46)(H,39,45)(H2,40,41,48)/t23-,24?,27-,28?,30+/m0/s1. The maximum Gasteiger partial charge on any atom is 0.315 e. The van der Waals surface area contributed by atoms with E-state index in [4.69, 9.17) is 6.42 Å². The Labute approximate surface area is 311 Å². The number of likely N-dealkylation sites (tertiary alicyclic amines) is 1. The van der Waals surface area contributed by atoms with Crippen molar-refractivity contribution in [3.63, 3.8) is 0 Å². The zero-order valence-electron chi connectivity index (χ0n) is 30.8. The van der Waals surface area contributed by atoms with Crippen molar-refractivity contribution in [1.29, 1.82) is 0 Å². The molecule has 15 heteroatoms. The number of fused-ring (bicyclic) bond motifs is 2. The molecule has 1 saturated heterocycles. The molecule has 2 saturated carbocycles. The van der Waals surface area contributed by atoms with Crippen molar-refractivity contribution >= 4 is 50.9 Å². The maximum absolute atomic E-state index is 14.5. The normalized spacial score (nSPS) is 25.0. The maximum atomic E-state index is 14.5. The van der Waals surface area contributed by atoms with E-state index in [1.165, 1.54) is 26.6 Å². The fraction of sp³-hybridized carbons (Fsp3) is 0.649. The van der Waals surface area contributed by atoms with Gasteiger partial charge in [0, 0.05) is 37.5 Å². The number of terminal acetylenes is 1. The summed E-state index contributed by atoms with van der Waals surface area (Å²) in [4.78, 5) is 70.7. The number of piperidine rings is 1. The minimum atomic E-state index is -3.68. The number of carbonyl (C=O) groups is 5. The van der Waals surface area contributed by atoms with Gasteiger partial charge in [-0.2, -0.15) is 4.31 Å². The summed E-state index contributed by atoms with van der Waals surface area (Å²) in [7, 11) is -3.68. The van der Waals surface area contributed by atoms with Crippen molar-refractivity contribution in [1.82, 2.24) is 30.5 Å². The van der Waals surface area contributed by atoms with Crippen LogP contribution in [0, 0.1) is 35.0 Å². The predicted molar refractivity (Wildman–Crippen MR) is 197 cm³/mol. The van der Waals surface area contributed by atoms with Gasteiger partial charge in [0.2, 0.25) is 27.6 Å². The van der Waals surface area contributed by atoms with Crippen LogP contribution in [0.5, 0.6) is 0 Å². The number of sulfonamides is 1. The molecular formula is C37H52N6O7S2. The molecule has 2 aliphatic carbocycles.